The molecule has 3 aliphatic rings. The summed E-state index contributed by atoms with van der Waals surface area (Å²) in [5.74, 6) is 0.319. The Morgan fingerprint density at radius 1 is 1.27 bits per heavy atom. The van der Waals surface area contributed by atoms with Crippen molar-refractivity contribution >= 4 is 16.8 Å². The van der Waals surface area contributed by atoms with Crippen LogP contribution in [0.3, 0.4) is 0 Å². The number of piperidine rings is 1. The summed E-state index contributed by atoms with van der Waals surface area (Å²) in [6.45, 7) is 4.63. The van der Waals surface area contributed by atoms with Crippen molar-refractivity contribution in [2.24, 2.45) is 5.41 Å². The number of benzene rings is 1. The van der Waals surface area contributed by atoms with E-state index in [1.807, 2.05) is 0 Å². The van der Waals surface area contributed by atoms with E-state index in [0.717, 1.165) is 31.3 Å². The zero-order chi connectivity index (χ0) is 14.9. The van der Waals surface area contributed by atoms with Crippen LogP contribution in [-0.4, -0.2) is 28.5 Å². The first-order chi connectivity index (χ1) is 10.7. The van der Waals surface area contributed by atoms with E-state index in [1.54, 1.807) is 0 Å². The van der Waals surface area contributed by atoms with Crippen molar-refractivity contribution < 1.29 is 4.79 Å². The van der Waals surface area contributed by atoms with Gasteiger partial charge < -0.3 is 0 Å². The molecule has 0 aliphatic carbocycles. The first-order valence-electron chi connectivity index (χ1n) is 8.65. The molecule has 0 saturated carbocycles. The van der Waals surface area contributed by atoms with Gasteiger partial charge in [0.2, 0.25) is 5.91 Å². The minimum Gasteiger partial charge on any atom is -0.294 e. The average molecular weight is 294 g/mol. The van der Waals surface area contributed by atoms with Crippen molar-refractivity contribution in [1.82, 2.24) is 9.47 Å². The van der Waals surface area contributed by atoms with Crippen LogP contribution < -0.4 is 0 Å². The van der Waals surface area contributed by atoms with Gasteiger partial charge in [-0.05, 0) is 43.9 Å². The van der Waals surface area contributed by atoms with Crippen molar-refractivity contribution in [2.75, 3.05) is 13.1 Å². The SMILES string of the molecule is CC[C@]12CCCN3CCc4c(n(c5ccccc45)C(=O)C1)[C@H]32. The van der Waals surface area contributed by atoms with Gasteiger partial charge in [-0.2, -0.15) is 0 Å². The van der Waals surface area contributed by atoms with E-state index in [1.165, 1.54) is 36.0 Å². The minimum atomic E-state index is 0.175. The number of carbonyl (C=O) groups is 1. The number of fused-ring (bicyclic) bond motifs is 3. The molecule has 4 heterocycles. The Labute approximate surface area is 130 Å². The molecule has 114 valence electrons. The molecular weight excluding hydrogens is 272 g/mol. The van der Waals surface area contributed by atoms with E-state index in [0.29, 0.717) is 11.9 Å². The van der Waals surface area contributed by atoms with Crippen molar-refractivity contribution in [3.63, 3.8) is 0 Å². The van der Waals surface area contributed by atoms with Gasteiger partial charge >= 0.3 is 0 Å². The molecule has 1 aromatic heterocycles. The fourth-order valence-electron chi connectivity index (χ4n) is 5.45. The van der Waals surface area contributed by atoms with Gasteiger partial charge in [-0.3, -0.25) is 14.3 Å². The molecular formula is C19H22N2O. The van der Waals surface area contributed by atoms with Crippen LogP contribution in [0, 0.1) is 5.41 Å². The smallest absolute Gasteiger partial charge is 0.231 e. The second kappa shape index (κ2) is 4.23. The third kappa shape index (κ3) is 1.38. The van der Waals surface area contributed by atoms with E-state index < -0.39 is 0 Å². The largest absolute Gasteiger partial charge is 0.294 e. The van der Waals surface area contributed by atoms with Crippen LogP contribution in [0.2, 0.25) is 0 Å². The molecule has 0 radical (unpaired) electrons. The number of para-hydroxylation sites is 1. The fourth-order valence-corrected chi connectivity index (χ4v) is 5.45. The number of hydrogen-bond donors (Lipinski definition) is 0. The summed E-state index contributed by atoms with van der Waals surface area (Å²) in [5.41, 5.74) is 4.10. The Bertz CT molecular complexity index is 790. The zero-order valence-electron chi connectivity index (χ0n) is 13.1. The Kier molecular flexibility index (Phi) is 2.48. The Morgan fingerprint density at radius 2 is 2.14 bits per heavy atom. The summed E-state index contributed by atoms with van der Waals surface area (Å²) < 4.78 is 2.07. The number of carbonyl (C=O) groups excluding carboxylic acids is 1. The Balaban J connectivity index is 1.88. The second-order valence-corrected chi connectivity index (χ2v) is 7.29. The van der Waals surface area contributed by atoms with Gasteiger partial charge in [0.1, 0.15) is 0 Å². The fraction of sp³-hybridized carbons (Fsp3) is 0.526. The van der Waals surface area contributed by atoms with Gasteiger partial charge in [0.15, 0.2) is 0 Å². The molecule has 5 rings (SSSR count). The van der Waals surface area contributed by atoms with E-state index in [-0.39, 0.29) is 5.41 Å². The number of rotatable bonds is 1. The molecule has 0 spiro atoms. The van der Waals surface area contributed by atoms with Crippen molar-refractivity contribution in [3.8, 4) is 0 Å². The number of aromatic nitrogens is 1. The third-order valence-electron chi connectivity index (χ3n) is 6.45. The van der Waals surface area contributed by atoms with Crippen LogP contribution in [0.15, 0.2) is 24.3 Å². The van der Waals surface area contributed by atoms with Crippen molar-refractivity contribution in [1.29, 1.82) is 0 Å². The highest BCUT2D eigenvalue weighted by Gasteiger charge is 2.52. The highest BCUT2D eigenvalue weighted by atomic mass is 16.2. The topological polar surface area (TPSA) is 25.2 Å². The van der Waals surface area contributed by atoms with Crippen LogP contribution in [0.5, 0.6) is 0 Å². The maximum Gasteiger partial charge on any atom is 0.231 e. The van der Waals surface area contributed by atoms with Gasteiger partial charge in [0.25, 0.3) is 0 Å². The first kappa shape index (κ1) is 12.9. The lowest BCUT2D eigenvalue weighted by Gasteiger charge is -2.54. The molecule has 0 N–H and O–H groups in total. The maximum absolute atomic E-state index is 13.0. The van der Waals surface area contributed by atoms with Gasteiger partial charge in [-0.25, -0.2) is 0 Å². The van der Waals surface area contributed by atoms with Crippen molar-refractivity contribution in [3.05, 3.63) is 35.5 Å². The van der Waals surface area contributed by atoms with E-state index in [2.05, 4.69) is 40.7 Å². The molecule has 0 unspecified atom stereocenters. The molecule has 3 heteroatoms. The third-order valence-corrected chi connectivity index (χ3v) is 6.45. The van der Waals surface area contributed by atoms with Crippen LogP contribution in [0.4, 0.5) is 0 Å². The van der Waals surface area contributed by atoms with Gasteiger partial charge in [0, 0.05) is 29.5 Å². The molecule has 0 bridgehead atoms. The highest BCUT2D eigenvalue weighted by Crippen LogP contribution is 2.56. The molecule has 22 heavy (non-hydrogen) atoms. The van der Waals surface area contributed by atoms with Gasteiger partial charge in [0.05, 0.1) is 11.6 Å². The quantitative estimate of drug-likeness (QED) is 0.800. The summed E-state index contributed by atoms with van der Waals surface area (Å²) in [5, 5.41) is 1.31. The number of hydrogen-bond acceptors (Lipinski definition) is 2. The normalized spacial score (nSPS) is 30.6. The summed E-state index contributed by atoms with van der Waals surface area (Å²) in [6.07, 6.45) is 5.37. The summed E-state index contributed by atoms with van der Waals surface area (Å²) >= 11 is 0. The summed E-state index contributed by atoms with van der Waals surface area (Å²) in [6, 6.07) is 8.95. The van der Waals surface area contributed by atoms with Crippen LogP contribution >= 0.6 is 0 Å². The molecule has 1 aromatic carbocycles. The molecule has 0 amide bonds. The molecule has 3 aliphatic heterocycles. The predicted octanol–water partition coefficient (Wildman–Crippen LogP) is 3.77. The monoisotopic (exact) mass is 294 g/mol. The van der Waals surface area contributed by atoms with Gasteiger partial charge in [-0.1, -0.05) is 25.1 Å². The van der Waals surface area contributed by atoms with E-state index >= 15 is 0 Å². The maximum atomic E-state index is 13.0. The highest BCUT2D eigenvalue weighted by molar-refractivity contribution is 5.97. The molecule has 3 nitrogen and oxygen atoms in total. The molecule has 2 atom stereocenters. The minimum absolute atomic E-state index is 0.175. The van der Waals surface area contributed by atoms with Crippen LogP contribution in [-0.2, 0) is 6.42 Å². The molecule has 1 fully saturated rings. The molecule has 1 saturated heterocycles. The van der Waals surface area contributed by atoms with E-state index in [4.69, 9.17) is 0 Å². The lowest BCUT2D eigenvalue weighted by Crippen LogP contribution is -2.53. The van der Waals surface area contributed by atoms with Gasteiger partial charge in [-0.15, -0.1) is 0 Å². The summed E-state index contributed by atoms with van der Waals surface area (Å²) in [4.78, 5) is 15.7. The average Bonchev–Trinajstić information content (AvgIpc) is 2.89. The van der Waals surface area contributed by atoms with Crippen LogP contribution in [0.25, 0.3) is 10.9 Å². The zero-order valence-corrected chi connectivity index (χ0v) is 13.1. The van der Waals surface area contributed by atoms with Crippen molar-refractivity contribution in [2.45, 2.75) is 45.1 Å². The predicted molar refractivity (Wildman–Crippen MR) is 87.2 cm³/mol. The number of nitrogens with zero attached hydrogens (tertiary/aromatic N) is 2. The summed E-state index contributed by atoms with van der Waals surface area (Å²) in [7, 11) is 0. The standard InChI is InChI=1S/C19H22N2O/c1-2-19-9-5-10-20-11-8-14-13-6-3-4-7-15(13)21(16(22)12-19)17(14)18(19)20/h3-4,6-7,18H,2,5,8-12H2,1H3/t18-,19-/m0/s1. The lowest BCUT2D eigenvalue weighted by molar-refractivity contribution is -0.0174. The first-order valence-corrected chi connectivity index (χ1v) is 8.65. The second-order valence-electron chi connectivity index (χ2n) is 7.29. The molecule has 2 aromatic rings. The Hall–Kier alpha value is -1.61. The Morgan fingerprint density at radius 3 is 3.00 bits per heavy atom. The van der Waals surface area contributed by atoms with E-state index in [9.17, 15) is 4.79 Å². The van der Waals surface area contributed by atoms with Crippen LogP contribution in [0.1, 0.15) is 54.7 Å². The lowest BCUT2D eigenvalue weighted by atomic mass is 9.64.